The molecule has 0 bridgehead atoms. The van der Waals surface area contributed by atoms with Crippen molar-refractivity contribution in [1.82, 2.24) is 0 Å². The van der Waals surface area contributed by atoms with Gasteiger partial charge in [-0.05, 0) is 83.6 Å². The van der Waals surface area contributed by atoms with Gasteiger partial charge in [0, 0.05) is 17.5 Å². The maximum Gasteiger partial charge on any atom is 0.304 e. The van der Waals surface area contributed by atoms with Crippen LogP contribution >= 0.6 is 0 Å². The number of carboxylic acid groups (broad SMARTS) is 1. The Morgan fingerprint density at radius 1 is 0.868 bits per heavy atom. The molecule has 6 heteroatoms. The molecule has 0 amide bonds. The van der Waals surface area contributed by atoms with Crippen LogP contribution in [0, 0.1) is 13.8 Å². The van der Waals surface area contributed by atoms with Gasteiger partial charge in [-0.1, -0.05) is 36.4 Å². The molecule has 4 aromatic rings. The fraction of sp³-hybridized carbons (Fsp3) is 0.219. The van der Waals surface area contributed by atoms with Gasteiger partial charge < -0.3 is 24.4 Å². The summed E-state index contributed by atoms with van der Waals surface area (Å²) in [5.74, 6) is 1.48. The van der Waals surface area contributed by atoms with E-state index < -0.39 is 5.97 Å². The first-order chi connectivity index (χ1) is 18.4. The summed E-state index contributed by atoms with van der Waals surface area (Å²) in [6.07, 6.45) is 0.0599. The minimum Gasteiger partial charge on any atom is -0.508 e. The lowest BCUT2D eigenvalue weighted by Crippen LogP contribution is -2.07. The van der Waals surface area contributed by atoms with Crippen molar-refractivity contribution in [1.29, 1.82) is 0 Å². The molecule has 1 atom stereocenters. The van der Waals surface area contributed by atoms with E-state index in [9.17, 15) is 9.90 Å². The summed E-state index contributed by atoms with van der Waals surface area (Å²) in [4.78, 5) is 11.1. The summed E-state index contributed by atoms with van der Waals surface area (Å²) < 4.78 is 17.8. The molecule has 194 valence electrons. The van der Waals surface area contributed by atoms with E-state index >= 15 is 0 Å². The van der Waals surface area contributed by atoms with Crippen molar-refractivity contribution in [2.24, 2.45) is 0 Å². The monoisotopic (exact) mass is 510 g/mol. The number of aromatic hydroxyl groups is 1. The lowest BCUT2D eigenvalue weighted by Gasteiger charge is -2.15. The molecule has 0 aliphatic carbocycles. The highest BCUT2D eigenvalue weighted by atomic mass is 16.5. The molecule has 2 N–H and O–H groups in total. The fourth-order valence-electron chi connectivity index (χ4n) is 4.93. The smallest absolute Gasteiger partial charge is 0.304 e. The number of carboxylic acids is 1. The first-order valence-electron chi connectivity index (χ1n) is 12.6. The number of hydrogen-bond acceptors (Lipinski definition) is 5. The van der Waals surface area contributed by atoms with Crippen LogP contribution in [0.4, 0.5) is 0 Å². The Labute approximate surface area is 222 Å². The third-order valence-corrected chi connectivity index (χ3v) is 6.76. The number of benzene rings is 4. The lowest BCUT2D eigenvalue weighted by atomic mass is 9.94. The molecule has 4 aromatic carbocycles. The van der Waals surface area contributed by atoms with Gasteiger partial charge in [0.05, 0.1) is 13.0 Å². The number of aryl methyl sites for hydroxylation is 2. The van der Waals surface area contributed by atoms with Crippen LogP contribution in [0.1, 0.15) is 40.2 Å². The van der Waals surface area contributed by atoms with E-state index in [0.29, 0.717) is 31.3 Å². The second kappa shape index (κ2) is 10.9. The molecule has 5 rings (SSSR count). The Bertz CT molecular complexity index is 1430. The van der Waals surface area contributed by atoms with Crippen molar-refractivity contribution >= 4 is 5.97 Å². The lowest BCUT2D eigenvalue weighted by molar-refractivity contribution is -0.137. The van der Waals surface area contributed by atoms with E-state index in [1.807, 2.05) is 54.6 Å². The number of phenols is 1. The third-order valence-electron chi connectivity index (χ3n) is 6.76. The van der Waals surface area contributed by atoms with Gasteiger partial charge in [0.2, 0.25) is 0 Å². The average Bonchev–Trinajstić information content (AvgIpc) is 3.28. The van der Waals surface area contributed by atoms with E-state index in [-0.39, 0.29) is 18.1 Å². The van der Waals surface area contributed by atoms with Crippen molar-refractivity contribution < 1.29 is 29.2 Å². The van der Waals surface area contributed by atoms with Crippen LogP contribution < -0.4 is 14.2 Å². The summed E-state index contributed by atoms with van der Waals surface area (Å²) in [6, 6.07) is 25.0. The van der Waals surface area contributed by atoms with Gasteiger partial charge in [0.25, 0.3) is 0 Å². The molecule has 1 aliphatic rings. The van der Waals surface area contributed by atoms with Crippen molar-refractivity contribution in [3.63, 3.8) is 0 Å². The van der Waals surface area contributed by atoms with E-state index in [2.05, 4.69) is 26.0 Å². The molecule has 1 aliphatic heterocycles. The number of phenolic OH excluding ortho intramolecular Hbond substituents is 1. The molecule has 1 heterocycles. The summed E-state index contributed by atoms with van der Waals surface area (Å²) in [5.41, 5.74) is 7.47. The standard InChI is InChI=1S/C32H30O6/c1-20-12-28(37-17-22-6-8-26(33)9-7-22)13-21(2)32(20)24-5-3-4-23(14-24)18-36-27-10-11-29-25(15-31(34)35)19-38-30(29)16-27/h3-14,16,25,33H,15,17-19H2,1-2H3,(H,34,35). The predicted molar refractivity (Wildman–Crippen MR) is 145 cm³/mol. The van der Waals surface area contributed by atoms with E-state index in [1.165, 1.54) is 5.56 Å². The fourth-order valence-corrected chi connectivity index (χ4v) is 4.93. The number of hydrogen-bond donors (Lipinski definition) is 2. The molecule has 0 spiro atoms. The normalized spacial score (nSPS) is 14.0. The Morgan fingerprint density at radius 3 is 2.32 bits per heavy atom. The van der Waals surface area contributed by atoms with Gasteiger partial charge in [-0.15, -0.1) is 0 Å². The highest BCUT2D eigenvalue weighted by molar-refractivity contribution is 5.72. The molecule has 1 unspecified atom stereocenters. The SMILES string of the molecule is Cc1cc(OCc2ccc(O)cc2)cc(C)c1-c1cccc(COc2ccc3c(c2)OCC3CC(=O)O)c1. The largest absolute Gasteiger partial charge is 0.508 e. The zero-order chi connectivity index (χ0) is 26.6. The Balaban J connectivity index is 1.26. The maximum absolute atomic E-state index is 11.1. The summed E-state index contributed by atoms with van der Waals surface area (Å²) >= 11 is 0. The highest BCUT2D eigenvalue weighted by Gasteiger charge is 2.26. The topological polar surface area (TPSA) is 85.2 Å². The summed E-state index contributed by atoms with van der Waals surface area (Å²) in [6.45, 7) is 5.38. The van der Waals surface area contributed by atoms with Crippen molar-refractivity contribution in [3.8, 4) is 34.1 Å². The first-order valence-corrected chi connectivity index (χ1v) is 12.6. The second-order valence-electron chi connectivity index (χ2n) is 9.68. The van der Waals surface area contributed by atoms with E-state index in [4.69, 9.17) is 19.3 Å². The van der Waals surface area contributed by atoms with Crippen molar-refractivity contribution in [3.05, 3.63) is 107 Å². The molecular formula is C32H30O6. The van der Waals surface area contributed by atoms with Gasteiger partial charge >= 0.3 is 5.97 Å². The average molecular weight is 511 g/mol. The van der Waals surface area contributed by atoms with Gasteiger partial charge in [-0.3, -0.25) is 4.79 Å². The van der Waals surface area contributed by atoms with Crippen LogP contribution in [0.15, 0.2) is 78.9 Å². The van der Waals surface area contributed by atoms with Crippen LogP contribution in [0.3, 0.4) is 0 Å². The number of aliphatic carboxylic acids is 1. The number of ether oxygens (including phenoxy) is 3. The zero-order valence-corrected chi connectivity index (χ0v) is 21.4. The van der Waals surface area contributed by atoms with Crippen LogP contribution in [0.5, 0.6) is 23.0 Å². The van der Waals surface area contributed by atoms with Crippen LogP contribution in [-0.2, 0) is 18.0 Å². The number of fused-ring (bicyclic) bond motifs is 1. The van der Waals surface area contributed by atoms with E-state index in [1.54, 1.807) is 12.1 Å². The quantitative estimate of drug-likeness (QED) is 0.258. The molecule has 0 aromatic heterocycles. The molecule has 0 saturated heterocycles. The Morgan fingerprint density at radius 2 is 1.58 bits per heavy atom. The van der Waals surface area contributed by atoms with Gasteiger partial charge in [-0.2, -0.15) is 0 Å². The molecule has 0 radical (unpaired) electrons. The highest BCUT2D eigenvalue weighted by Crippen LogP contribution is 2.38. The molecule has 6 nitrogen and oxygen atoms in total. The van der Waals surface area contributed by atoms with Crippen LogP contribution in [-0.4, -0.2) is 22.8 Å². The van der Waals surface area contributed by atoms with Gasteiger partial charge in [-0.25, -0.2) is 0 Å². The van der Waals surface area contributed by atoms with E-state index in [0.717, 1.165) is 39.1 Å². The Kier molecular flexibility index (Phi) is 7.22. The number of rotatable bonds is 9. The minimum absolute atomic E-state index is 0.0599. The zero-order valence-electron chi connectivity index (χ0n) is 21.4. The van der Waals surface area contributed by atoms with Crippen LogP contribution in [0.25, 0.3) is 11.1 Å². The minimum atomic E-state index is -0.826. The maximum atomic E-state index is 11.1. The second-order valence-corrected chi connectivity index (χ2v) is 9.68. The van der Waals surface area contributed by atoms with Gasteiger partial charge in [0.1, 0.15) is 36.2 Å². The van der Waals surface area contributed by atoms with Crippen molar-refractivity contribution in [2.75, 3.05) is 6.61 Å². The Hall–Kier alpha value is -4.45. The molecular weight excluding hydrogens is 480 g/mol. The molecule has 0 saturated carbocycles. The van der Waals surface area contributed by atoms with Crippen molar-refractivity contribution in [2.45, 2.75) is 39.4 Å². The van der Waals surface area contributed by atoms with Gasteiger partial charge in [0.15, 0.2) is 0 Å². The van der Waals surface area contributed by atoms with Crippen LogP contribution in [0.2, 0.25) is 0 Å². The summed E-state index contributed by atoms with van der Waals surface area (Å²) in [5, 5.41) is 18.6. The molecule has 38 heavy (non-hydrogen) atoms. The first kappa shape index (κ1) is 25.2. The summed E-state index contributed by atoms with van der Waals surface area (Å²) in [7, 11) is 0. The molecule has 0 fully saturated rings. The predicted octanol–water partition coefficient (Wildman–Crippen LogP) is 6.78. The third kappa shape index (κ3) is 5.75. The number of carbonyl (C=O) groups is 1.